The highest BCUT2D eigenvalue weighted by atomic mass is 16.5. The van der Waals surface area contributed by atoms with Crippen LogP contribution in [0.5, 0.6) is 5.88 Å². The molecule has 0 aliphatic carbocycles. The summed E-state index contributed by atoms with van der Waals surface area (Å²) in [6.07, 6.45) is 2.36. The monoisotopic (exact) mass is 271 g/mol. The SMILES string of the molecule is Cc1nc2cccc(C)c2nc1OCC1CCNCC1. The van der Waals surface area contributed by atoms with Gasteiger partial charge in [-0.2, -0.15) is 0 Å². The van der Waals surface area contributed by atoms with Crippen LogP contribution in [0, 0.1) is 19.8 Å². The number of nitrogens with one attached hydrogen (secondary N) is 1. The molecule has 0 saturated carbocycles. The van der Waals surface area contributed by atoms with Crippen LogP contribution in [0.15, 0.2) is 18.2 Å². The molecule has 0 spiro atoms. The second-order valence-corrected chi connectivity index (χ2v) is 5.56. The third kappa shape index (κ3) is 2.75. The fourth-order valence-electron chi connectivity index (χ4n) is 2.67. The second kappa shape index (κ2) is 5.75. The van der Waals surface area contributed by atoms with Gasteiger partial charge < -0.3 is 10.1 Å². The Kier molecular flexibility index (Phi) is 3.83. The van der Waals surface area contributed by atoms with E-state index in [0.29, 0.717) is 11.8 Å². The van der Waals surface area contributed by atoms with Crippen LogP contribution in [0.1, 0.15) is 24.1 Å². The molecule has 1 aliphatic heterocycles. The van der Waals surface area contributed by atoms with E-state index in [1.165, 1.54) is 12.8 Å². The van der Waals surface area contributed by atoms with Crippen molar-refractivity contribution in [3.05, 3.63) is 29.5 Å². The van der Waals surface area contributed by atoms with Gasteiger partial charge in [0.2, 0.25) is 5.88 Å². The first-order valence-corrected chi connectivity index (χ1v) is 7.31. The molecule has 0 bridgehead atoms. The molecule has 1 N–H and O–H groups in total. The molecule has 2 aromatic rings. The molecule has 4 nitrogen and oxygen atoms in total. The van der Waals surface area contributed by atoms with Crippen molar-refractivity contribution in [3.8, 4) is 5.88 Å². The summed E-state index contributed by atoms with van der Waals surface area (Å²) in [6.45, 7) is 6.95. The Balaban J connectivity index is 1.80. The first-order valence-electron chi connectivity index (χ1n) is 7.31. The first-order chi connectivity index (χ1) is 9.74. The van der Waals surface area contributed by atoms with Crippen LogP contribution >= 0.6 is 0 Å². The van der Waals surface area contributed by atoms with E-state index in [0.717, 1.165) is 42.0 Å². The number of hydrogen-bond donors (Lipinski definition) is 1. The van der Waals surface area contributed by atoms with Crippen LogP contribution in [-0.4, -0.2) is 29.7 Å². The molecule has 0 amide bonds. The molecule has 3 rings (SSSR count). The van der Waals surface area contributed by atoms with E-state index in [9.17, 15) is 0 Å². The summed E-state index contributed by atoms with van der Waals surface area (Å²) in [5.74, 6) is 1.32. The number of aryl methyl sites for hydroxylation is 2. The van der Waals surface area contributed by atoms with Gasteiger partial charge in [0, 0.05) is 0 Å². The molecule has 4 heteroatoms. The van der Waals surface area contributed by atoms with Crippen molar-refractivity contribution in [2.45, 2.75) is 26.7 Å². The molecule has 1 fully saturated rings. The van der Waals surface area contributed by atoms with Gasteiger partial charge in [0.1, 0.15) is 5.69 Å². The molecule has 0 unspecified atom stereocenters. The standard InChI is InChI=1S/C16H21N3O/c1-11-4-3-5-14-15(11)19-16(12(2)18-14)20-10-13-6-8-17-9-7-13/h3-5,13,17H,6-10H2,1-2H3. The molecule has 1 aromatic heterocycles. The van der Waals surface area contributed by atoms with Crippen molar-refractivity contribution in [3.63, 3.8) is 0 Å². The maximum atomic E-state index is 5.94. The summed E-state index contributed by atoms with van der Waals surface area (Å²) < 4.78 is 5.94. The minimum atomic E-state index is 0.630. The van der Waals surface area contributed by atoms with Crippen molar-refractivity contribution in [1.82, 2.24) is 15.3 Å². The number of rotatable bonds is 3. The van der Waals surface area contributed by atoms with Crippen molar-refractivity contribution < 1.29 is 4.74 Å². The molecular formula is C16H21N3O. The summed E-state index contributed by atoms with van der Waals surface area (Å²) in [7, 11) is 0. The van der Waals surface area contributed by atoms with Crippen LogP contribution < -0.4 is 10.1 Å². The molecule has 106 valence electrons. The molecule has 1 saturated heterocycles. The van der Waals surface area contributed by atoms with Crippen LogP contribution in [0.2, 0.25) is 0 Å². The molecule has 20 heavy (non-hydrogen) atoms. The molecule has 2 heterocycles. The van der Waals surface area contributed by atoms with E-state index in [4.69, 9.17) is 4.74 Å². The predicted molar refractivity (Wildman–Crippen MR) is 80.1 cm³/mol. The Morgan fingerprint density at radius 2 is 2.00 bits per heavy atom. The van der Waals surface area contributed by atoms with E-state index in [1.807, 2.05) is 19.1 Å². The third-order valence-corrected chi connectivity index (χ3v) is 3.94. The average molecular weight is 271 g/mol. The lowest BCUT2D eigenvalue weighted by Crippen LogP contribution is -2.30. The van der Waals surface area contributed by atoms with Crippen molar-refractivity contribution in [2.24, 2.45) is 5.92 Å². The number of benzene rings is 1. The zero-order valence-electron chi connectivity index (χ0n) is 12.1. The quantitative estimate of drug-likeness (QED) is 0.932. The summed E-state index contributed by atoms with van der Waals surface area (Å²) in [4.78, 5) is 9.26. The lowest BCUT2D eigenvalue weighted by molar-refractivity contribution is 0.207. The van der Waals surface area contributed by atoms with E-state index in [-0.39, 0.29) is 0 Å². The first kappa shape index (κ1) is 13.3. The highest BCUT2D eigenvalue weighted by Crippen LogP contribution is 2.22. The normalized spacial score (nSPS) is 16.5. The van der Waals surface area contributed by atoms with Gasteiger partial charge in [-0.15, -0.1) is 0 Å². The van der Waals surface area contributed by atoms with E-state index >= 15 is 0 Å². The summed E-state index contributed by atoms with van der Waals surface area (Å²) in [5, 5.41) is 3.37. The number of piperidine rings is 1. The minimum Gasteiger partial charge on any atom is -0.476 e. The minimum absolute atomic E-state index is 0.630. The maximum absolute atomic E-state index is 5.94. The van der Waals surface area contributed by atoms with Gasteiger partial charge in [0.25, 0.3) is 0 Å². The molecule has 1 aromatic carbocycles. The Hall–Kier alpha value is -1.68. The van der Waals surface area contributed by atoms with E-state index < -0.39 is 0 Å². The number of fused-ring (bicyclic) bond motifs is 1. The highest BCUT2D eigenvalue weighted by molar-refractivity contribution is 5.78. The second-order valence-electron chi connectivity index (χ2n) is 5.56. The molecular weight excluding hydrogens is 250 g/mol. The summed E-state index contributed by atoms with van der Waals surface area (Å²) in [6, 6.07) is 6.07. The van der Waals surface area contributed by atoms with Crippen molar-refractivity contribution >= 4 is 11.0 Å². The van der Waals surface area contributed by atoms with Crippen molar-refractivity contribution in [1.29, 1.82) is 0 Å². The lowest BCUT2D eigenvalue weighted by Gasteiger charge is -2.22. The van der Waals surface area contributed by atoms with Crippen LogP contribution in [0.25, 0.3) is 11.0 Å². The van der Waals surface area contributed by atoms with Crippen molar-refractivity contribution in [2.75, 3.05) is 19.7 Å². The largest absolute Gasteiger partial charge is 0.476 e. The zero-order valence-corrected chi connectivity index (χ0v) is 12.1. The molecule has 0 atom stereocenters. The topological polar surface area (TPSA) is 47.0 Å². The number of nitrogens with zero attached hydrogens (tertiary/aromatic N) is 2. The van der Waals surface area contributed by atoms with Crippen LogP contribution in [-0.2, 0) is 0 Å². The van der Waals surface area contributed by atoms with Gasteiger partial charge in [-0.05, 0) is 57.3 Å². The van der Waals surface area contributed by atoms with E-state index in [2.05, 4.69) is 28.3 Å². The third-order valence-electron chi connectivity index (χ3n) is 3.94. The number of para-hydroxylation sites is 1. The van der Waals surface area contributed by atoms with E-state index in [1.54, 1.807) is 0 Å². The Labute approximate surface area is 119 Å². The molecule has 0 radical (unpaired) electrons. The fourth-order valence-corrected chi connectivity index (χ4v) is 2.67. The summed E-state index contributed by atoms with van der Waals surface area (Å²) in [5.41, 5.74) is 3.90. The average Bonchev–Trinajstić information content (AvgIpc) is 2.47. The lowest BCUT2D eigenvalue weighted by atomic mass is 9.99. The Morgan fingerprint density at radius 1 is 1.20 bits per heavy atom. The van der Waals surface area contributed by atoms with Crippen LogP contribution in [0.4, 0.5) is 0 Å². The smallest absolute Gasteiger partial charge is 0.235 e. The van der Waals surface area contributed by atoms with Gasteiger partial charge >= 0.3 is 0 Å². The highest BCUT2D eigenvalue weighted by Gasteiger charge is 2.15. The fraction of sp³-hybridized carbons (Fsp3) is 0.500. The number of hydrogen-bond acceptors (Lipinski definition) is 4. The summed E-state index contributed by atoms with van der Waals surface area (Å²) >= 11 is 0. The van der Waals surface area contributed by atoms with Gasteiger partial charge in [-0.25, -0.2) is 9.97 Å². The predicted octanol–water partition coefficient (Wildman–Crippen LogP) is 2.63. The van der Waals surface area contributed by atoms with Gasteiger partial charge in [0.05, 0.1) is 17.6 Å². The van der Waals surface area contributed by atoms with Crippen LogP contribution in [0.3, 0.4) is 0 Å². The zero-order chi connectivity index (χ0) is 13.9. The number of ether oxygens (including phenoxy) is 1. The number of aromatic nitrogens is 2. The molecule has 1 aliphatic rings. The maximum Gasteiger partial charge on any atom is 0.235 e. The van der Waals surface area contributed by atoms with Gasteiger partial charge in [0.15, 0.2) is 0 Å². The Bertz CT molecular complexity index is 606. The van der Waals surface area contributed by atoms with Gasteiger partial charge in [-0.1, -0.05) is 12.1 Å². The van der Waals surface area contributed by atoms with Gasteiger partial charge in [-0.3, -0.25) is 0 Å². The Morgan fingerprint density at radius 3 is 2.80 bits per heavy atom.